The van der Waals surface area contributed by atoms with Gasteiger partial charge in [-0.1, -0.05) is 25.0 Å². The van der Waals surface area contributed by atoms with Crippen LogP contribution >= 0.6 is 0 Å². The molecule has 1 aromatic heterocycles. The number of tetrazole rings is 1. The van der Waals surface area contributed by atoms with Crippen molar-refractivity contribution >= 4 is 17.6 Å². The van der Waals surface area contributed by atoms with Gasteiger partial charge in [0.15, 0.2) is 5.82 Å². The summed E-state index contributed by atoms with van der Waals surface area (Å²) in [6.45, 7) is 3.97. The first-order valence-corrected chi connectivity index (χ1v) is 8.83. The number of carboxylic acids is 1. The lowest BCUT2D eigenvalue weighted by molar-refractivity contribution is -0.150. The Morgan fingerprint density at radius 1 is 1.31 bits per heavy atom. The molecule has 1 aliphatic carbocycles. The molecule has 1 saturated carbocycles. The fourth-order valence-corrected chi connectivity index (χ4v) is 3.50. The van der Waals surface area contributed by atoms with Gasteiger partial charge in [0.05, 0.1) is 11.5 Å². The first-order valence-electron chi connectivity index (χ1n) is 8.83. The van der Waals surface area contributed by atoms with Crippen LogP contribution in [0.4, 0.5) is 5.69 Å². The summed E-state index contributed by atoms with van der Waals surface area (Å²) >= 11 is 0. The van der Waals surface area contributed by atoms with Crippen LogP contribution in [-0.2, 0) is 9.59 Å². The molecule has 0 aliphatic heterocycles. The molecule has 1 fully saturated rings. The number of hydrogen-bond donors (Lipinski definition) is 2. The van der Waals surface area contributed by atoms with Gasteiger partial charge in [0.25, 0.3) is 0 Å². The van der Waals surface area contributed by atoms with Crippen LogP contribution in [0.25, 0.3) is 11.4 Å². The molecule has 0 saturated heterocycles. The molecule has 3 rings (SSSR count). The molecule has 26 heavy (non-hydrogen) atoms. The Bertz CT molecular complexity index is 809. The van der Waals surface area contributed by atoms with Crippen molar-refractivity contribution < 1.29 is 14.7 Å². The van der Waals surface area contributed by atoms with Gasteiger partial charge in [0.2, 0.25) is 5.91 Å². The molecule has 0 unspecified atom stereocenters. The average Bonchev–Trinajstić information content (AvgIpc) is 3.24. The highest BCUT2D eigenvalue weighted by Crippen LogP contribution is 2.41. The summed E-state index contributed by atoms with van der Waals surface area (Å²) in [5.41, 5.74) is 0.461. The predicted octanol–water partition coefficient (Wildman–Crippen LogP) is 2.89. The van der Waals surface area contributed by atoms with Gasteiger partial charge in [0, 0.05) is 17.7 Å². The van der Waals surface area contributed by atoms with Gasteiger partial charge in [-0.2, -0.15) is 0 Å². The van der Waals surface area contributed by atoms with Crippen molar-refractivity contribution in [2.45, 2.75) is 52.0 Å². The molecule has 8 nitrogen and oxygen atoms in total. The second-order valence-electron chi connectivity index (χ2n) is 7.14. The van der Waals surface area contributed by atoms with E-state index in [2.05, 4.69) is 20.8 Å². The zero-order valence-electron chi connectivity index (χ0n) is 15.0. The highest BCUT2D eigenvalue weighted by molar-refractivity contribution is 5.94. The van der Waals surface area contributed by atoms with Crippen molar-refractivity contribution in [3.8, 4) is 11.4 Å². The Morgan fingerprint density at radius 2 is 2.04 bits per heavy atom. The van der Waals surface area contributed by atoms with Crippen LogP contribution in [0.1, 0.15) is 52.0 Å². The minimum Gasteiger partial charge on any atom is -0.481 e. The van der Waals surface area contributed by atoms with Crippen molar-refractivity contribution in [1.82, 2.24) is 20.2 Å². The molecule has 1 aliphatic rings. The number of rotatable bonds is 6. The average molecular weight is 357 g/mol. The fraction of sp³-hybridized carbons (Fsp3) is 0.500. The van der Waals surface area contributed by atoms with Gasteiger partial charge in [-0.05, 0) is 49.2 Å². The van der Waals surface area contributed by atoms with Crippen molar-refractivity contribution in [2.24, 2.45) is 5.41 Å². The third-order valence-electron chi connectivity index (χ3n) is 4.90. The minimum atomic E-state index is -0.927. The van der Waals surface area contributed by atoms with Crippen LogP contribution in [0.3, 0.4) is 0 Å². The molecule has 0 spiro atoms. The number of carbonyl (C=O) groups excluding carboxylic acids is 1. The van der Waals surface area contributed by atoms with Crippen molar-refractivity contribution in [3.63, 3.8) is 0 Å². The number of anilines is 1. The first-order chi connectivity index (χ1) is 12.4. The lowest BCUT2D eigenvalue weighted by Crippen LogP contribution is -2.32. The van der Waals surface area contributed by atoms with Gasteiger partial charge in [0.1, 0.15) is 0 Å². The molecule has 1 aromatic carbocycles. The van der Waals surface area contributed by atoms with Crippen LogP contribution in [0, 0.1) is 5.41 Å². The van der Waals surface area contributed by atoms with Gasteiger partial charge < -0.3 is 10.4 Å². The number of nitrogens with one attached hydrogen (secondary N) is 1. The van der Waals surface area contributed by atoms with Crippen molar-refractivity contribution in [2.75, 3.05) is 5.32 Å². The summed E-state index contributed by atoms with van der Waals surface area (Å²) in [6.07, 6.45) is 2.81. The van der Waals surface area contributed by atoms with E-state index in [0.29, 0.717) is 24.4 Å². The monoisotopic (exact) mass is 357 g/mol. The van der Waals surface area contributed by atoms with E-state index in [1.165, 1.54) is 0 Å². The number of hydrogen-bond acceptors (Lipinski definition) is 5. The summed E-state index contributed by atoms with van der Waals surface area (Å²) in [5.74, 6) is -0.543. The standard InChI is InChI=1S/C18H23N5O3/c1-12(2)23-16(20-21-22-23)13-6-5-7-14(10-13)19-15(24)11-18(17(25)26)8-3-4-9-18/h5-7,10,12H,3-4,8-9,11H2,1-2H3,(H,19,24)(H,25,26). The van der Waals surface area contributed by atoms with E-state index in [0.717, 1.165) is 18.4 Å². The number of aromatic nitrogens is 4. The van der Waals surface area contributed by atoms with E-state index < -0.39 is 11.4 Å². The van der Waals surface area contributed by atoms with E-state index in [1.807, 2.05) is 26.0 Å². The molecule has 2 aromatic rings. The van der Waals surface area contributed by atoms with Gasteiger partial charge >= 0.3 is 5.97 Å². The maximum absolute atomic E-state index is 12.4. The summed E-state index contributed by atoms with van der Waals surface area (Å²) < 4.78 is 1.71. The molecular weight excluding hydrogens is 334 g/mol. The third kappa shape index (κ3) is 3.58. The number of nitrogens with zero attached hydrogens (tertiary/aromatic N) is 4. The second-order valence-corrected chi connectivity index (χ2v) is 7.14. The summed E-state index contributed by atoms with van der Waals surface area (Å²) in [5, 5.41) is 24.1. The van der Waals surface area contributed by atoms with Crippen molar-refractivity contribution in [3.05, 3.63) is 24.3 Å². The lowest BCUT2D eigenvalue weighted by Gasteiger charge is -2.22. The van der Waals surface area contributed by atoms with Crippen molar-refractivity contribution in [1.29, 1.82) is 0 Å². The number of aliphatic carboxylic acids is 1. The summed E-state index contributed by atoms with van der Waals surface area (Å²) in [6, 6.07) is 7.36. The molecule has 0 radical (unpaired) electrons. The normalized spacial score (nSPS) is 16.0. The fourth-order valence-electron chi connectivity index (χ4n) is 3.50. The molecule has 1 heterocycles. The van der Waals surface area contributed by atoms with Crippen LogP contribution < -0.4 is 5.32 Å². The molecule has 2 N–H and O–H groups in total. The van der Waals surface area contributed by atoms with Crippen LogP contribution in [0.2, 0.25) is 0 Å². The van der Waals surface area contributed by atoms with Gasteiger partial charge in [-0.15, -0.1) is 5.10 Å². The van der Waals surface area contributed by atoms with Crippen LogP contribution in [0.5, 0.6) is 0 Å². The maximum Gasteiger partial charge on any atom is 0.310 e. The Morgan fingerprint density at radius 3 is 2.69 bits per heavy atom. The Labute approximate surface area is 151 Å². The molecule has 0 bridgehead atoms. The molecular formula is C18H23N5O3. The molecule has 138 valence electrons. The van der Waals surface area contributed by atoms with Crippen LogP contribution in [0.15, 0.2) is 24.3 Å². The number of carbonyl (C=O) groups is 2. The molecule has 0 atom stereocenters. The number of benzene rings is 1. The minimum absolute atomic E-state index is 0.00368. The van der Waals surface area contributed by atoms with E-state index in [4.69, 9.17) is 0 Å². The highest BCUT2D eigenvalue weighted by Gasteiger charge is 2.42. The smallest absolute Gasteiger partial charge is 0.310 e. The maximum atomic E-state index is 12.4. The van der Waals surface area contributed by atoms with Gasteiger partial charge in [-0.3, -0.25) is 9.59 Å². The number of amides is 1. The largest absolute Gasteiger partial charge is 0.481 e. The topological polar surface area (TPSA) is 110 Å². The SMILES string of the molecule is CC(C)n1nnnc1-c1cccc(NC(=O)CC2(C(=O)O)CCCC2)c1. The van der Waals surface area contributed by atoms with Crippen LogP contribution in [-0.4, -0.2) is 37.2 Å². The Balaban J connectivity index is 1.75. The molecule has 8 heteroatoms. The quantitative estimate of drug-likeness (QED) is 0.822. The first kappa shape index (κ1) is 18.0. The van der Waals surface area contributed by atoms with E-state index in [9.17, 15) is 14.7 Å². The summed E-state index contributed by atoms with van der Waals surface area (Å²) in [4.78, 5) is 24.0. The van der Waals surface area contributed by atoms with E-state index in [1.54, 1.807) is 16.8 Å². The molecule has 1 amide bonds. The Kier molecular flexibility index (Phi) is 5.01. The third-order valence-corrected chi connectivity index (χ3v) is 4.90. The zero-order chi connectivity index (χ0) is 18.7. The lowest BCUT2D eigenvalue weighted by atomic mass is 9.82. The summed E-state index contributed by atoms with van der Waals surface area (Å²) in [7, 11) is 0. The Hall–Kier alpha value is -2.77. The van der Waals surface area contributed by atoms with E-state index >= 15 is 0 Å². The number of carboxylic acid groups (broad SMARTS) is 1. The predicted molar refractivity (Wildman–Crippen MR) is 95.4 cm³/mol. The zero-order valence-corrected chi connectivity index (χ0v) is 15.0. The highest BCUT2D eigenvalue weighted by atomic mass is 16.4. The van der Waals surface area contributed by atoms with E-state index in [-0.39, 0.29) is 18.4 Å². The van der Waals surface area contributed by atoms with Gasteiger partial charge in [-0.25, -0.2) is 4.68 Å². The second kappa shape index (κ2) is 7.23.